The number of hydrogen-bond acceptors (Lipinski definition) is 2. The van der Waals surface area contributed by atoms with Crippen LogP contribution in [0.25, 0.3) is 0 Å². The van der Waals surface area contributed by atoms with Crippen LogP contribution in [0.4, 0.5) is 0 Å². The van der Waals surface area contributed by atoms with Crippen LogP contribution in [0.15, 0.2) is 12.7 Å². The zero-order chi connectivity index (χ0) is 9.68. The van der Waals surface area contributed by atoms with Crippen LogP contribution in [0.2, 0.25) is 0 Å². The molecule has 1 saturated carbocycles. The summed E-state index contributed by atoms with van der Waals surface area (Å²) in [6.07, 6.45) is 5.56. The first-order valence-electron chi connectivity index (χ1n) is 4.77. The van der Waals surface area contributed by atoms with Gasteiger partial charge in [-0.2, -0.15) is 0 Å². The molecule has 0 radical (unpaired) electrons. The molecule has 0 spiro atoms. The lowest BCUT2D eigenvalue weighted by Gasteiger charge is -2.17. The van der Waals surface area contributed by atoms with E-state index in [1.54, 1.807) is 6.08 Å². The van der Waals surface area contributed by atoms with Crippen molar-refractivity contribution < 1.29 is 9.90 Å². The predicted molar refractivity (Wildman–Crippen MR) is 51.6 cm³/mol. The normalized spacial score (nSPS) is 16.1. The molecule has 0 saturated heterocycles. The Morgan fingerprint density at radius 2 is 2.31 bits per heavy atom. The van der Waals surface area contributed by atoms with Crippen molar-refractivity contribution in [2.75, 3.05) is 19.6 Å². The first kappa shape index (κ1) is 10.3. The van der Waals surface area contributed by atoms with Crippen LogP contribution < -0.4 is 0 Å². The number of aliphatic carboxylic acids is 1. The smallest absolute Gasteiger partial charge is 0.317 e. The maximum atomic E-state index is 10.5. The molecular formula is C10H17NO2. The molecule has 1 fully saturated rings. The Bertz CT molecular complexity index is 187. The molecule has 0 aromatic rings. The van der Waals surface area contributed by atoms with E-state index in [1.165, 1.54) is 12.8 Å². The number of carboxylic acids is 1. The molecule has 0 aliphatic heterocycles. The number of nitrogens with zero attached hydrogens (tertiary/aromatic N) is 1. The topological polar surface area (TPSA) is 40.5 Å². The molecule has 0 heterocycles. The average Bonchev–Trinajstić information content (AvgIpc) is 2.82. The van der Waals surface area contributed by atoms with Crippen molar-refractivity contribution in [3.8, 4) is 0 Å². The fraction of sp³-hybridized carbons (Fsp3) is 0.700. The van der Waals surface area contributed by atoms with Crippen molar-refractivity contribution in [3.05, 3.63) is 12.7 Å². The number of carbonyl (C=O) groups is 1. The van der Waals surface area contributed by atoms with E-state index in [-0.39, 0.29) is 6.54 Å². The minimum atomic E-state index is -0.752. The van der Waals surface area contributed by atoms with Crippen molar-refractivity contribution in [1.82, 2.24) is 4.90 Å². The molecule has 1 aliphatic rings. The minimum absolute atomic E-state index is 0.138. The molecule has 13 heavy (non-hydrogen) atoms. The van der Waals surface area contributed by atoms with Crippen LogP contribution in [0.3, 0.4) is 0 Å². The largest absolute Gasteiger partial charge is 0.480 e. The first-order chi connectivity index (χ1) is 6.22. The molecule has 1 aliphatic carbocycles. The molecule has 0 bridgehead atoms. The second kappa shape index (κ2) is 5.02. The molecule has 0 unspecified atom stereocenters. The molecule has 1 rings (SSSR count). The van der Waals surface area contributed by atoms with Gasteiger partial charge in [0.1, 0.15) is 0 Å². The van der Waals surface area contributed by atoms with Gasteiger partial charge in [-0.3, -0.25) is 9.69 Å². The highest BCUT2D eigenvalue weighted by atomic mass is 16.4. The van der Waals surface area contributed by atoms with Crippen molar-refractivity contribution >= 4 is 5.97 Å². The maximum Gasteiger partial charge on any atom is 0.317 e. The Morgan fingerprint density at radius 1 is 1.62 bits per heavy atom. The highest BCUT2D eigenvalue weighted by Gasteiger charge is 2.21. The lowest BCUT2D eigenvalue weighted by molar-refractivity contribution is -0.138. The van der Waals surface area contributed by atoms with Crippen LogP contribution in [0.5, 0.6) is 0 Å². The van der Waals surface area contributed by atoms with E-state index in [2.05, 4.69) is 6.58 Å². The average molecular weight is 183 g/mol. The van der Waals surface area contributed by atoms with Crippen LogP contribution in [-0.2, 0) is 4.79 Å². The van der Waals surface area contributed by atoms with Gasteiger partial charge in [0.15, 0.2) is 0 Å². The molecule has 0 atom stereocenters. The van der Waals surface area contributed by atoms with Crippen molar-refractivity contribution in [3.63, 3.8) is 0 Å². The van der Waals surface area contributed by atoms with Gasteiger partial charge in [-0.05, 0) is 18.9 Å². The Morgan fingerprint density at radius 3 is 2.77 bits per heavy atom. The SMILES string of the molecule is C=CCN(CCC1CC1)CC(=O)O. The molecule has 0 amide bonds. The molecule has 1 N–H and O–H groups in total. The Kier molecular flexibility index (Phi) is 3.96. The molecule has 0 aromatic heterocycles. The number of hydrogen-bond donors (Lipinski definition) is 1. The summed E-state index contributed by atoms with van der Waals surface area (Å²) in [5.74, 6) is 0.110. The second-order valence-corrected chi connectivity index (χ2v) is 3.65. The summed E-state index contributed by atoms with van der Waals surface area (Å²) in [4.78, 5) is 12.4. The third-order valence-corrected chi connectivity index (χ3v) is 2.30. The van der Waals surface area contributed by atoms with Gasteiger partial charge in [-0.25, -0.2) is 0 Å². The second-order valence-electron chi connectivity index (χ2n) is 3.65. The third-order valence-electron chi connectivity index (χ3n) is 2.30. The standard InChI is InChI=1S/C10H17NO2/c1-2-6-11(8-10(12)13)7-5-9-3-4-9/h2,9H,1,3-8H2,(H,12,13). The van der Waals surface area contributed by atoms with Crippen molar-refractivity contribution in [2.45, 2.75) is 19.3 Å². The first-order valence-corrected chi connectivity index (χ1v) is 4.77. The molecule has 3 nitrogen and oxygen atoms in total. The Balaban J connectivity index is 2.18. The van der Waals surface area contributed by atoms with E-state index in [9.17, 15) is 4.79 Å². The van der Waals surface area contributed by atoms with Crippen LogP contribution >= 0.6 is 0 Å². The third kappa shape index (κ3) is 4.68. The zero-order valence-electron chi connectivity index (χ0n) is 7.91. The summed E-state index contributed by atoms with van der Waals surface area (Å²) in [6.45, 7) is 5.32. The summed E-state index contributed by atoms with van der Waals surface area (Å²) in [5.41, 5.74) is 0. The van der Waals surface area contributed by atoms with E-state index < -0.39 is 5.97 Å². The summed E-state index contributed by atoms with van der Waals surface area (Å²) in [5, 5.41) is 8.62. The Labute approximate surface area is 79.0 Å². The maximum absolute atomic E-state index is 10.5. The highest BCUT2D eigenvalue weighted by molar-refractivity contribution is 5.69. The molecule has 0 aromatic carbocycles. The lowest BCUT2D eigenvalue weighted by atomic mass is 10.2. The minimum Gasteiger partial charge on any atom is -0.480 e. The number of carboxylic acid groups (broad SMARTS) is 1. The fourth-order valence-electron chi connectivity index (χ4n) is 1.38. The van der Waals surface area contributed by atoms with E-state index in [1.807, 2.05) is 4.90 Å². The van der Waals surface area contributed by atoms with Crippen LogP contribution in [0, 0.1) is 5.92 Å². The van der Waals surface area contributed by atoms with Gasteiger partial charge in [-0.15, -0.1) is 6.58 Å². The van der Waals surface area contributed by atoms with Gasteiger partial charge in [0.05, 0.1) is 6.54 Å². The zero-order valence-corrected chi connectivity index (χ0v) is 7.91. The van der Waals surface area contributed by atoms with Crippen LogP contribution in [0.1, 0.15) is 19.3 Å². The van der Waals surface area contributed by atoms with Gasteiger partial charge in [0, 0.05) is 6.54 Å². The Hall–Kier alpha value is -0.830. The van der Waals surface area contributed by atoms with Gasteiger partial charge in [0.2, 0.25) is 0 Å². The van der Waals surface area contributed by atoms with E-state index in [4.69, 9.17) is 5.11 Å². The van der Waals surface area contributed by atoms with E-state index in [0.29, 0.717) is 6.54 Å². The summed E-state index contributed by atoms with van der Waals surface area (Å²) in [6, 6.07) is 0. The van der Waals surface area contributed by atoms with Gasteiger partial charge >= 0.3 is 5.97 Å². The summed E-state index contributed by atoms with van der Waals surface area (Å²) in [7, 11) is 0. The van der Waals surface area contributed by atoms with Crippen molar-refractivity contribution in [2.24, 2.45) is 5.92 Å². The van der Waals surface area contributed by atoms with E-state index >= 15 is 0 Å². The highest BCUT2D eigenvalue weighted by Crippen LogP contribution is 2.32. The molecule has 74 valence electrons. The van der Waals surface area contributed by atoms with Crippen LogP contribution in [-0.4, -0.2) is 35.6 Å². The molecular weight excluding hydrogens is 166 g/mol. The van der Waals surface area contributed by atoms with Gasteiger partial charge < -0.3 is 5.11 Å². The quantitative estimate of drug-likeness (QED) is 0.606. The van der Waals surface area contributed by atoms with Crippen molar-refractivity contribution in [1.29, 1.82) is 0 Å². The monoisotopic (exact) mass is 183 g/mol. The summed E-state index contributed by atoms with van der Waals surface area (Å²) >= 11 is 0. The van der Waals surface area contributed by atoms with Gasteiger partial charge in [0.25, 0.3) is 0 Å². The fourth-order valence-corrected chi connectivity index (χ4v) is 1.38. The van der Waals surface area contributed by atoms with E-state index in [0.717, 1.165) is 18.9 Å². The lowest BCUT2D eigenvalue weighted by Crippen LogP contribution is -2.31. The van der Waals surface area contributed by atoms with Gasteiger partial charge in [-0.1, -0.05) is 18.9 Å². The predicted octanol–water partition coefficient (Wildman–Crippen LogP) is 1.36. The summed E-state index contributed by atoms with van der Waals surface area (Å²) < 4.78 is 0. The molecule has 3 heteroatoms. The number of rotatable bonds is 7.